The molecule has 0 amide bonds. The third kappa shape index (κ3) is 51.7. The Morgan fingerprint density at radius 2 is 0.600 bits per heavy atom. The van der Waals surface area contributed by atoms with Crippen molar-refractivity contribution in [1.29, 1.82) is 0 Å². The van der Waals surface area contributed by atoms with Gasteiger partial charge >= 0.3 is 17.9 Å². The van der Waals surface area contributed by atoms with E-state index in [1.165, 1.54) is 122 Å². The molecule has 1 unspecified atom stereocenters. The third-order valence-corrected chi connectivity index (χ3v) is 11.7. The molecule has 65 heavy (non-hydrogen) atoms. The molecule has 0 radical (unpaired) electrons. The second-order valence-electron chi connectivity index (χ2n) is 18.1. The van der Waals surface area contributed by atoms with Crippen LogP contribution in [0.2, 0.25) is 0 Å². The SMILES string of the molecule is CC/C=C\C/C=C\C/C=C\C/C=C\CCCCCCCCC(=O)OCC(COC(=O)CCCC/C=C\C/C=C\CC)OC(=O)CCCCCCCCCCCCCCCCCCCCC. The Kier molecular flexibility index (Phi) is 50.9. The lowest BCUT2D eigenvalue weighted by atomic mass is 10.0. The van der Waals surface area contributed by atoms with Crippen LogP contribution in [0.1, 0.15) is 265 Å². The first-order valence-corrected chi connectivity index (χ1v) is 27.4. The lowest BCUT2D eigenvalue weighted by Crippen LogP contribution is -2.30. The molecular formula is C59H102O6. The van der Waals surface area contributed by atoms with Gasteiger partial charge in [-0.2, -0.15) is 0 Å². The van der Waals surface area contributed by atoms with E-state index in [0.29, 0.717) is 19.3 Å². The average Bonchev–Trinajstić information content (AvgIpc) is 3.30. The molecule has 0 saturated heterocycles. The Morgan fingerprint density at radius 3 is 0.969 bits per heavy atom. The van der Waals surface area contributed by atoms with E-state index in [9.17, 15) is 14.4 Å². The fourth-order valence-corrected chi connectivity index (χ4v) is 7.65. The van der Waals surface area contributed by atoms with E-state index >= 15 is 0 Å². The summed E-state index contributed by atoms with van der Waals surface area (Å²) in [5.41, 5.74) is 0. The molecule has 1 atom stereocenters. The molecule has 0 aliphatic heterocycles. The quantitative estimate of drug-likeness (QED) is 0.0262. The zero-order valence-electron chi connectivity index (χ0n) is 42.7. The van der Waals surface area contributed by atoms with Crippen LogP contribution in [0.15, 0.2) is 72.9 Å². The fraction of sp³-hybridized carbons (Fsp3) is 0.746. The zero-order chi connectivity index (χ0) is 47.2. The van der Waals surface area contributed by atoms with Crippen LogP contribution in [0.4, 0.5) is 0 Å². The third-order valence-electron chi connectivity index (χ3n) is 11.7. The van der Waals surface area contributed by atoms with Crippen molar-refractivity contribution in [2.24, 2.45) is 0 Å². The molecule has 0 bridgehead atoms. The molecule has 6 nitrogen and oxygen atoms in total. The van der Waals surface area contributed by atoms with E-state index < -0.39 is 6.10 Å². The van der Waals surface area contributed by atoms with Gasteiger partial charge in [-0.05, 0) is 83.5 Å². The summed E-state index contributed by atoms with van der Waals surface area (Å²) in [6, 6.07) is 0. The minimum Gasteiger partial charge on any atom is -0.462 e. The maximum absolute atomic E-state index is 12.8. The van der Waals surface area contributed by atoms with E-state index in [-0.39, 0.29) is 31.1 Å². The Hall–Kier alpha value is -3.15. The molecule has 374 valence electrons. The van der Waals surface area contributed by atoms with Gasteiger partial charge in [0.2, 0.25) is 0 Å². The number of hydrogen-bond donors (Lipinski definition) is 0. The van der Waals surface area contributed by atoms with Gasteiger partial charge in [0, 0.05) is 19.3 Å². The first-order valence-electron chi connectivity index (χ1n) is 27.4. The van der Waals surface area contributed by atoms with Crippen LogP contribution in [0.3, 0.4) is 0 Å². The number of carbonyl (C=O) groups excluding carboxylic acids is 3. The number of allylic oxidation sites excluding steroid dienone is 12. The number of ether oxygens (including phenoxy) is 3. The van der Waals surface area contributed by atoms with E-state index in [0.717, 1.165) is 103 Å². The van der Waals surface area contributed by atoms with Gasteiger partial charge in [0.1, 0.15) is 13.2 Å². The molecule has 0 aliphatic carbocycles. The van der Waals surface area contributed by atoms with Crippen molar-refractivity contribution in [3.05, 3.63) is 72.9 Å². The van der Waals surface area contributed by atoms with Crippen molar-refractivity contribution < 1.29 is 28.6 Å². The predicted octanol–water partition coefficient (Wildman–Crippen LogP) is 18.2. The molecule has 0 saturated carbocycles. The second kappa shape index (κ2) is 53.5. The van der Waals surface area contributed by atoms with Crippen LogP contribution < -0.4 is 0 Å². The standard InChI is InChI=1S/C59H102O6/c1-4-7-10-13-16-19-21-23-25-27-29-31-33-35-37-40-43-46-49-52-58(61)64-55-56(54-63-57(60)51-48-45-42-39-18-15-12-9-6-3)65-59(62)53-50-47-44-41-38-36-34-32-30-28-26-24-22-20-17-14-11-8-5-2/h7,9-10,12,16,18-19,23,25,29,31,39,56H,4-6,8,11,13-15,17,20-22,24,26-28,30,32-38,40-55H2,1-3H3/b10-7-,12-9-,19-16-,25-23-,31-29-,39-18-. The molecule has 0 aromatic carbocycles. The molecule has 0 N–H and O–H groups in total. The topological polar surface area (TPSA) is 78.9 Å². The first-order chi connectivity index (χ1) is 32.0. The molecule has 0 fully saturated rings. The maximum Gasteiger partial charge on any atom is 0.306 e. The Bertz CT molecular complexity index is 1230. The maximum atomic E-state index is 12.8. The van der Waals surface area contributed by atoms with Crippen molar-refractivity contribution >= 4 is 17.9 Å². The first kappa shape index (κ1) is 61.9. The van der Waals surface area contributed by atoms with Crippen LogP contribution in [0.25, 0.3) is 0 Å². The highest BCUT2D eigenvalue weighted by Crippen LogP contribution is 2.16. The number of esters is 3. The highest BCUT2D eigenvalue weighted by Gasteiger charge is 2.19. The van der Waals surface area contributed by atoms with Crippen LogP contribution in [-0.2, 0) is 28.6 Å². The summed E-state index contributed by atoms with van der Waals surface area (Å²) in [6.45, 7) is 6.38. The lowest BCUT2D eigenvalue weighted by molar-refractivity contribution is -0.167. The van der Waals surface area contributed by atoms with Crippen molar-refractivity contribution in [2.75, 3.05) is 13.2 Å². The van der Waals surface area contributed by atoms with Gasteiger partial charge in [-0.3, -0.25) is 14.4 Å². The normalized spacial score (nSPS) is 12.6. The van der Waals surface area contributed by atoms with E-state index in [1.54, 1.807) is 0 Å². The van der Waals surface area contributed by atoms with Gasteiger partial charge in [-0.15, -0.1) is 0 Å². The highest BCUT2D eigenvalue weighted by molar-refractivity contribution is 5.71. The number of hydrogen-bond acceptors (Lipinski definition) is 6. The summed E-state index contributed by atoms with van der Waals surface area (Å²) in [4.78, 5) is 38.0. The number of carbonyl (C=O) groups is 3. The Morgan fingerprint density at radius 1 is 0.323 bits per heavy atom. The average molecular weight is 907 g/mol. The summed E-state index contributed by atoms with van der Waals surface area (Å²) in [5.74, 6) is -0.935. The van der Waals surface area contributed by atoms with Gasteiger partial charge in [0.05, 0.1) is 0 Å². The van der Waals surface area contributed by atoms with Crippen molar-refractivity contribution in [1.82, 2.24) is 0 Å². The van der Waals surface area contributed by atoms with Gasteiger partial charge in [0.25, 0.3) is 0 Å². The minimum absolute atomic E-state index is 0.0916. The number of rotatable bonds is 49. The van der Waals surface area contributed by atoms with Gasteiger partial charge in [0.15, 0.2) is 6.10 Å². The predicted molar refractivity (Wildman–Crippen MR) is 279 cm³/mol. The van der Waals surface area contributed by atoms with Crippen LogP contribution in [-0.4, -0.2) is 37.2 Å². The molecule has 0 aromatic heterocycles. The van der Waals surface area contributed by atoms with E-state index in [2.05, 4.69) is 93.7 Å². The molecule has 0 heterocycles. The van der Waals surface area contributed by atoms with Crippen LogP contribution in [0.5, 0.6) is 0 Å². The summed E-state index contributed by atoms with van der Waals surface area (Å²) in [6.07, 6.45) is 67.7. The summed E-state index contributed by atoms with van der Waals surface area (Å²) < 4.78 is 16.8. The van der Waals surface area contributed by atoms with Gasteiger partial charge in [-0.1, -0.05) is 235 Å². The molecule has 0 rings (SSSR count). The van der Waals surface area contributed by atoms with Crippen molar-refractivity contribution in [2.45, 2.75) is 271 Å². The zero-order valence-corrected chi connectivity index (χ0v) is 42.7. The van der Waals surface area contributed by atoms with Crippen molar-refractivity contribution in [3.8, 4) is 0 Å². The number of unbranched alkanes of at least 4 members (excludes halogenated alkanes) is 26. The minimum atomic E-state index is -0.792. The molecule has 0 aliphatic rings. The second-order valence-corrected chi connectivity index (χ2v) is 18.1. The van der Waals surface area contributed by atoms with Crippen molar-refractivity contribution in [3.63, 3.8) is 0 Å². The molecule has 0 spiro atoms. The Labute approximate surface area is 402 Å². The summed E-state index contributed by atoms with van der Waals surface area (Å²) in [5, 5.41) is 0. The fourth-order valence-electron chi connectivity index (χ4n) is 7.65. The smallest absolute Gasteiger partial charge is 0.306 e. The van der Waals surface area contributed by atoms with E-state index in [1.807, 2.05) is 0 Å². The molecule has 6 heteroatoms. The van der Waals surface area contributed by atoms with Crippen LogP contribution in [0, 0.1) is 0 Å². The summed E-state index contributed by atoms with van der Waals surface area (Å²) >= 11 is 0. The van der Waals surface area contributed by atoms with Gasteiger partial charge < -0.3 is 14.2 Å². The highest BCUT2D eigenvalue weighted by atomic mass is 16.6. The molecular weight excluding hydrogens is 805 g/mol. The summed E-state index contributed by atoms with van der Waals surface area (Å²) in [7, 11) is 0. The lowest BCUT2D eigenvalue weighted by Gasteiger charge is -2.18. The molecule has 0 aromatic rings. The van der Waals surface area contributed by atoms with Gasteiger partial charge in [-0.25, -0.2) is 0 Å². The van der Waals surface area contributed by atoms with E-state index in [4.69, 9.17) is 14.2 Å². The largest absolute Gasteiger partial charge is 0.462 e. The monoisotopic (exact) mass is 907 g/mol. The van der Waals surface area contributed by atoms with Crippen LogP contribution >= 0.6 is 0 Å². The Balaban J connectivity index is 4.31.